The van der Waals surface area contributed by atoms with Gasteiger partial charge in [0.05, 0.1) is 12.6 Å². The number of hydrogen-bond acceptors (Lipinski definition) is 2. The summed E-state index contributed by atoms with van der Waals surface area (Å²) in [5.41, 5.74) is 4.86. The van der Waals surface area contributed by atoms with Crippen molar-refractivity contribution >= 4 is 11.0 Å². The third-order valence-electron chi connectivity index (χ3n) is 5.21. The number of ether oxygens (including phenoxy) is 1. The second-order valence-electron chi connectivity index (χ2n) is 7.08. The van der Waals surface area contributed by atoms with Crippen molar-refractivity contribution in [1.82, 2.24) is 9.55 Å². The SMILES string of the molecule is COc1cccc2c1nc(CCc1ccccc1)n2CCCc1ccccc1. The van der Waals surface area contributed by atoms with Crippen LogP contribution in [0.3, 0.4) is 0 Å². The van der Waals surface area contributed by atoms with Crippen LogP contribution in [-0.2, 0) is 25.8 Å². The maximum Gasteiger partial charge on any atom is 0.146 e. The number of para-hydroxylation sites is 1. The minimum absolute atomic E-state index is 0.847. The average Bonchev–Trinajstić information content (AvgIpc) is 3.11. The maximum absolute atomic E-state index is 5.56. The third-order valence-corrected chi connectivity index (χ3v) is 5.21. The predicted molar refractivity (Wildman–Crippen MR) is 115 cm³/mol. The molecule has 1 heterocycles. The van der Waals surface area contributed by atoms with Gasteiger partial charge >= 0.3 is 0 Å². The number of hydrogen-bond donors (Lipinski definition) is 0. The first kappa shape index (κ1) is 18.3. The van der Waals surface area contributed by atoms with Crippen molar-refractivity contribution in [2.45, 2.75) is 32.2 Å². The minimum atomic E-state index is 0.847. The Bertz CT molecular complexity index is 1020. The van der Waals surface area contributed by atoms with Crippen molar-refractivity contribution in [1.29, 1.82) is 0 Å². The zero-order chi connectivity index (χ0) is 19.2. The van der Waals surface area contributed by atoms with E-state index in [1.165, 1.54) is 11.1 Å². The highest BCUT2D eigenvalue weighted by Crippen LogP contribution is 2.27. The van der Waals surface area contributed by atoms with E-state index in [9.17, 15) is 0 Å². The van der Waals surface area contributed by atoms with Gasteiger partial charge in [0.25, 0.3) is 0 Å². The summed E-state index contributed by atoms with van der Waals surface area (Å²) < 4.78 is 7.94. The van der Waals surface area contributed by atoms with Gasteiger partial charge in [-0.3, -0.25) is 0 Å². The topological polar surface area (TPSA) is 27.1 Å². The molecule has 0 unspecified atom stereocenters. The van der Waals surface area contributed by atoms with Gasteiger partial charge in [0.1, 0.15) is 17.1 Å². The smallest absolute Gasteiger partial charge is 0.146 e. The van der Waals surface area contributed by atoms with Crippen molar-refractivity contribution in [3.8, 4) is 5.75 Å². The molecule has 0 radical (unpaired) electrons. The van der Waals surface area contributed by atoms with E-state index in [1.54, 1.807) is 7.11 Å². The normalized spacial score (nSPS) is 11.0. The number of benzene rings is 3. The molecule has 28 heavy (non-hydrogen) atoms. The summed E-state index contributed by atoms with van der Waals surface area (Å²) in [6, 6.07) is 27.5. The Kier molecular flexibility index (Phi) is 5.72. The van der Waals surface area contributed by atoms with E-state index >= 15 is 0 Å². The van der Waals surface area contributed by atoms with Crippen LogP contribution in [0, 0.1) is 0 Å². The van der Waals surface area contributed by atoms with Crippen LogP contribution >= 0.6 is 0 Å². The van der Waals surface area contributed by atoms with Crippen molar-refractivity contribution in [3.63, 3.8) is 0 Å². The molecule has 4 aromatic rings. The summed E-state index contributed by atoms with van der Waals surface area (Å²) in [7, 11) is 1.72. The van der Waals surface area contributed by atoms with Gasteiger partial charge in [-0.1, -0.05) is 66.7 Å². The molecule has 0 aliphatic carbocycles. The van der Waals surface area contributed by atoms with Crippen molar-refractivity contribution < 1.29 is 4.74 Å². The zero-order valence-electron chi connectivity index (χ0n) is 16.3. The molecule has 0 aliphatic rings. The van der Waals surface area contributed by atoms with Crippen LogP contribution in [0.2, 0.25) is 0 Å². The monoisotopic (exact) mass is 370 g/mol. The molecule has 4 rings (SSSR count). The first-order valence-corrected chi connectivity index (χ1v) is 9.95. The fraction of sp³-hybridized carbons (Fsp3) is 0.240. The van der Waals surface area contributed by atoms with E-state index in [0.29, 0.717) is 0 Å². The molecule has 0 amide bonds. The van der Waals surface area contributed by atoms with Crippen molar-refractivity contribution in [2.75, 3.05) is 7.11 Å². The van der Waals surface area contributed by atoms with E-state index in [1.807, 2.05) is 6.07 Å². The molecule has 3 aromatic carbocycles. The second kappa shape index (κ2) is 8.75. The number of fused-ring (bicyclic) bond motifs is 1. The number of aromatic nitrogens is 2. The summed E-state index contributed by atoms with van der Waals surface area (Å²) >= 11 is 0. The molecule has 142 valence electrons. The highest BCUT2D eigenvalue weighted by atomic mass is 16.5. The van der Waals surface area contributed by atoms with E-state index < -0.39 is 0 Å². The first-order valence-electron chi connectivity index (χ1n) is 9.95. The number of nitrogens with zero attached hydrogens (tertiary/aromatic N) is 2. The second-order valence-corrected chi connectivity index (χ2v) is 7.08. The summed E-state index contributed by atoms with van der Waals surface area (Å²) in [6.45, 7) is 0.961. The lowest BCUT2D eigenvalue weighted by atomic mass is 10.1. The molecule has 0 N–H and O–H groups in total. The average molecular weight is 370 g/mol. The molecule has 0 fully saturated rings. The lowest BCUT2D eigenvalue weighted by molar-refractivity contribution is 0.419. The van der Waals surface area contributed by atoms with E-state index in [0.717, 1.165) is 54.8 Å². The van der Waals surface area contributed by atoms with Gasteiger partial charge in [-0.25, -0.2) is 4.98 Å². The molecule has 0 atom stereocenters. The number of methoxy groups -OCH3 is 1. The molecule has 1 aromatic heterocycles. The Hall–Kier alpha value is -3.07. The number of aryl methyl sites for hydroxylation is 4. The quantitative estimate of drug-likeness (QED) is 0.412. The van der Waals surface area contributed by atoms with Crippen molar-refractivity contribution in [2.24, 2.45) is 0 Å². The Morgan fingerprint density at radius 3 is 2.11 bits per heavy atom. The predicted octanol–water partition coefficient (Wildman–Crippen LogP) is 5.46. The molecule has 0 aliphatic heterocycles. The fourth-order valence-electron chi connectivity index (χ4n) is 3.76. The van der Waals surface area contributed by atoms with Crippen LogP contribution in [0.5, 0.6) is 5.75 Å². The van der Waals surface area contributed by atoms with E-state index in [2.05, 4.69) is 77.4 Å². The van der Waals surface area contributed by atoms with Gasteiger partial charge in [0.2, 0.25) is 0 Å². The molecule has 3 nitrogen and oxygen atoms in total. The Balaban J connectivity index is 1.58. The fourth-order valence-corrected chi connectivity index (χ4v) is 3.76. The summed E-state index contributed by atoms with van der Waals surface area (Å²) in [6.07, 6.45) is 4.08. The highest BCUT2D eigenvalue weighted by molar-refractivity contribution is 5.82. The molecule has 0 spiro atoms. The summed E-state index contributed by atoms with van der Waals surface area (Å²) in [5, 5.41) is 0. The van der Waals surface area contributed by atoms with E-state index in [4.69, 9.17) is 9.72 Å². The number of rotatable bonds is 8. The standard InChI is InChI=1S/C25H26N2O/c1-28-23-16-8-15-22-25(23)26-24(18-17-21-12-6-3-7-13-21)27(22)19-9-14-20-10-4-2-5-11-20/h2-8,10-13,15-16H,9,14,17-19H2,1H3. The van der Waals surface area contributed by atoms with Crippen LogP contribution in [0.25, 0.3) is 11.0 Å². The molecule has 0 saturated heterocycles. The van der Waals surface area contributed by atoms with Crippen LogP contribution in [0.15, 0.2) is 78.9 Å². The van der Waals surface area contributed by atoms with Crippen molar-refractivity contribution in [3.05, 3.63) is 95.8 Å². The minimum Gasteiger partial charge on any atom is -0.494 e. The Labute approximate surface area is 166 Å². The van der Waals surface area contributed by atoms with Gasteiger partial charge in [0, 0.05) is 13.0 Å². The largest absolute Gasteiger partial charge is 0.494 e. The van der Waals surface area contributed by atoms with Gasteiger partial charge in [0.15, 0.2) is 0 Å². The van der Waals surface area contributed by atoms with Gasteiger partial charge in [-0.15, -0.1) is 0 Å². The highest BCUT2D eigenvalue weighted by Gasteiger charge is 2.14. The first-order chi connectivity index (χ1) is 13.8. The van der Waals surface area contributed by atoms with Crippen LogP contribution < -0.4 is 4.74 Å². The third kappa shape index (κ3) is 4.09. The molecule has 3 heteroatoms. The molecule has 0 saturated carbocycles. The molecular weight excluding hydrogens is 344 g/mol. The lowest BCUT2D eigenvalue weighted by Crippen LogP contribution is -2.06. The Morgan fingerprint density at radius 2 is 1.43 bits per heavy atom. The van der Waals surface area contributed by atoms with Gasteiger partial charge < -0.3 is 9.30 Å². The van der Waals surface area contributed by atoms with Gasteiger partial charge in [-0.2, -0.15) is 0 Å². The Morgan fingerprint density at radius 1 is 0.750 bits per heavy atom. The van der Waals surface area contributed by atoms with Crippen LogP contribution in [0.1, 0.15) is 23.4 Å². The van der Waals surface area contributed by atoms with E-state index in [-0.39, 0.29) is 0 Å². The molecule has 0 bridgehead atoms. The van der Waals surface area contributed by atoms with Crippen LogP contribution in [-0.4, -0.2) is 16.7 Å². The maximum atomic E-state index is 5.56. The van der Waals surface area contributed by atoms with Crippen LogP contribution in [0.4, 0.5) is 0 Å². The van der Waals surface area contributed by atoms with Gasteiger partial charge in [-0.05, 0) is 42.5 Å². The summed E-state index contributed by atoms with van der Waals surface area (Å²) in [4.78, 5) is 4.96. The zero-order valence-corrected chi connectivity index (χ0v) is 16.3. The molecular formula is C25H26N2O. The number of imidazole rings is 1. The lowest BCUT2D eigenvalue weighted by Gasteiger charge is -2.10. The summed E-state index contributed by atoms with van der Waals surface area (Å²) in [5.74, 6) is 1.98.